The van der Waals surface area contributed by atoms with Gasteiger partial charge in [-0.3, -0.25) is 14.3 Å². The van der Waals surface area contributed by atoms with E-state index in [4.69, 9.17) is 0 Å². The maximum atomic E-state index is 13.5. The van der Waals surface area contributed by atoms with E-state index in [0.29, 0.717) is 32.1 Å². The van der Waals surface area contributed by atoms with Crippen LogP contribution in [0, 0.1) is 23.2 Å². The highest BCUT2D eigenvalue weighted by Gasteiger charge is 2.55. The lowest BCUT2D eigenvalue weighted by molar-refractivity contribution is -0.160. The van der Waals surface area contributed by atoms with Crippen LogP contribution in [0.1, 0.15) is 50.1 Å². The van der Waals surface area contributed by atoms with Gasteiger partial charge in [0.25, 0.3) is 0 Å². The lowest BCUT2D eigenvalue weighted by Gasteiger charge is -2.57. The van der Waals surface area contributed by atoms with Crippen LogP contribution in [0.5, 0.6) is 0 Å². The first-order chi connectivity index (χ1) is 14.0. The van der Waals surface area contributed by atoms with E-state index in [2.05, 4.69) is 15.3 Å². The SMILES string of the molecule is CNC(C(=O)N1CCN(C(=O)C23CC4CC(CC(C4)C2)C3)CC1)c1cnn(C)c1. The minimum atomic E-state index is -0.380. The second-order valence-electron chi connectivity index (χ2n) is 9.98. The minimum absolute atomic E-state index is 0.0717. The first-order valence-corrected chi connectivity index (χ1v) is 11.2. The van der Waals surface area contributed by atoms with Crippen molar-refractivity contribution >= 4 is 11.8 Å². The molecule has 6 rings (SSSR count). The molecule has 4 bridgehead atoms. The molecule has 1 aliphatic heterocycles. The highest BCUT2D eigenvalue weighted by Crippen LogP contribution is 2.60. The maximum Gasteiger partial charge on any atom is 0.244 e. The summed E-state index contributed by atoms with van der Waals surface area (Å²) in [5, 5.41) is 7.32. The molecular formula is C22H33N5O2. The van der Waals surface area contributed by atoms with Gasteiger partial charge in [0.2, 0.25) is 11.8 Å². The molecule has 29 heavy (non-hydrogen) atoms. The first-order valence-electron chi connectivity index (χ1n) is 11.2. The zero-order valence-corrected chi connectivity index (χ0v) is 17.6. The van der Waals surface area contributed by atoms with Gasteiger partial charge >= 0.3 is 0 Å². The van der Waals surface area contributed by atoms with Crippen molar-refractivity contribution in [3.05, 3.63) is 18.0 Å². The maximum absolute atomic E-state index is 13.5. The van der Waals surface area contributed by atoms with Crippen LogP contribution in [0.15, 0.2) is 12.4 Å². The average molecular weight is 400 g/mol. The number of likely N-dealkylation sites (N-methyl/N-ethyl adjacent to an activating group) is 1. The molecule has 7 heteroatoms. The molecule has 2 heterocycles. The van der Waals surface area contributed by atoms with Crippen LogP contribution in [0.2, 0.25) is 0 Å². The van der Waals surface area contributed by atoms with E-state index < -0.39 is 0 Å². The Balaban J connectivity index is 1.22. The van der Waals surface area contributed by atoms with Crippen LogP contribution in [0.4, 0.5) is 0 Å². The fourth-order valence-electron chi connectivity index (χ4n) is 7.04. The molecule has 1 unspecified atom stereocenters. The standard InChI is InChI=1S/C22H33N5O2/c1-23-19(18-13-24-25(2)14-18)20(28)26-3-5-27(6-4-26)21(29)22-10-15-7-16(11-22)9-17(8-15)12-22/h13-17,19,23H,3-12H2,1-2H3. The van der Waals surface area contributed by atoms with E-state index in [1.54, 1.807) is 10.9 Å². The number of carbonyl (C=O) groups excluding carboxylic acids is 2. The van der Waals surface area contributed by atoms with Gasteiger partial charge in [-0.2, -0.15) is 5.10 Å². The predicted octanol–water partition coefficient (Wildman–Crippen LogP) is 1.57. The molecule has 0 aromatic carbocycles. The van der Waals surface area contributed by atoms with Gasteiger partial charge in [-0.25, -0.2) is 0 Å². The Kier molecular flexibility index (Phi) is 4.68. The Morgan fingerprint density at radius 1 is 1.03 bits per heavy atom. The van der Waals surface area contributed by atoms with Crippen LogP contribution in [0.25, 0.3) is 0 Å². The minimum Gasteiger partial charge on any atom is -0.339 e. The third kappa shape index (κ3) is 3.27. The molecule has 4 aliphatic carbocycles. The van der Waals surface area contributed by atoms with Gasteiger partial charge in [0, 0.05) is 45.0 Å². The van der Waals surface area contributed by atoms with Gasteiger partial charge in [-0.05, 0) is 63.3 Å². The van der Waals surface area contributed by atoms with Crippen molar-refractivity contribution in [2.75, 3.05) is 33.2 Å². The molecule has 5 aliphatic rings. The zero-order chi connectivity index (χ0) is 20.2. The number of hydrogen-bond donors (Lipinski definition) is 1. The molecule has 1 aromatic heterocycles. The van der Waals surface area contributed by atoms with E-state index in [1.807, 2.05) is 25.2 Å². The Bertz CT molecular complexity index is 760. The van der Waals surface area contributed by atoms with Crippen LogP contribution in [-0.2, 0) is 16.6 Å². The second kappa shape index (κ2) is 7.11. The Morgan fingerprint density at radius 3 is 2.07 bits per heavy atom. The number of amides is 2. The topological polar surface area (TPSA) is 70.5 Å². The van der Waals surface area contributed by atoms with Crippen molar-refractivity contribution in [3.8, 4) is 0 Å². The number of carbonyl (C=O) groups is 2. The average Bonchev–Trinajstić information content (AvgIpc) is 3.13. The molecule has 1 saturated heterocycles. The monoisotopic (exact) mass is 399 g/mol. The fourth-order valence-corrected chi connectivity index (χ4v) is 7.04. The van der Waals surface area contributed by atoms with Crippen molar-refractivity contribution in [2.45, 2.75) is 44.6 Å². The number of nitrogens with one attached hydrogen (secondary N) is 1. The molecule has 0 spiro atoms. The summed E-state index contributed by atoms with van der Waals surface area (Å²) in [6.07, 6.45) is 11.0. The lowest BCUT2D eigenvalue weighted by atomic mass is 9.49. The molecule has 1 aromatic rings. The van der Waals surface area contributed by atoms with Gasteiger partial charge in [0.15, 0.2) is 0 Å². The quantitative estimate of drug-likeness (QED) is 0.834. The van der Waals surface area contributed by atoms with Crippen molar-refractivity contribution in [3.63, 3.8) is 0 Å². The Morgan fingerprint density at radius 2 is 1.59 bits per heavy atom. The van der Waals surface area contributed by atoms with Crippen LogP contribution >= 0.6 is 0 Å². The van der Waals surface area contributed by atoms with Gasteiger partial charge < -0.3 is 15.1 Å². The molecule has 7 nitrogen and oxygen atoms in total. The van der Waals surface area contributed by atoms with Gasteiger partial charge in [0.1, 0.15) is 6.04 Å². The summed E-state index contributed by atoms with van der Waals surface area (Å²) in [5.41, 5.74) is 0.802. The predicted molar refractivity (Wildman–Crippen MR) is 109 cm³/mol. The van der Waals surface area contributed by atoms with Crippen LogP contribution in [-0.4, -0.2) is 64.6 Å². The number of hydrogen-bond acceptors (Lipinski definition) is 4. The number of nitrogens with zero attached hydrogens (tertiary/aromatic N) is 4. The molecule has 2 amide bonds. The number of aromatic nitrogens is 2. The van der Waals surface area contributed by atoms with E-state index in [-0.39, 0.29) is 17.4 Å². The van der Waals surface area contributed by atoms with Crippen molar-refractivity contribution in [1.82, 2.24) is 24.9 Å². The summed E-state index contributed by atoms with van der Waals surface area (Å²) in [5.74, 6) is 2.81. The molecule has 158 valence electrons. The lowest BCUT2D eigenvalue weighted by Crippen LogP contribution is -2.59. The molecule has 4 saturated carbocycles. The number of piperazine rings is 1. The van der Waals surface area contributed by atoms with E-state index in [0.717, 1.165) is 42.6 Å². The summed E-state index contributed by atoms with van der Waals surface area (Å²) in [6, 6.07) is -0.380. The largest absolute Gasteiger partial charge is 0.339 e. The van der Waals surface area contributed by atoms with E-state index in [9.17, 15) is 9.59 Å². The Hall–Kier alpha value is -1.89. The molecular weight excluding hydrogens is 366 g/mol. The molecule has 0 radical (unpaired) electrons. The normalized spacial score (nSPS) is 34.5. The zero-order valence-electron chi connectivity index (χ0n) is 17.6. The summed E-state index contributed by atoms with van der Waals surface area (Å²) in [4.78, 5) is 30.6. The smallest absolute Gasteiger partial charge is 0.244 e. The van der Waals surface area contributed by atoms with Crippen molar-refractivity contribution in [1.29, 1.82) is 0 Å². The summed E-state index contributed by atoms with van der Waals surface area (Å²) in [7, 11) is 3.66. The van der Waals surface area contributed by atoms with Gasteiger partial charge in [0.05, 0.1) is 11.6 Å². The van der Waals surface area contributed by atoms with Gasteiger partial charge in [-0.15, -0.1) is 0 Å². The molecule has 1 N–H and O–H groups in total. The summed E-state index contributed by atoms with van der Waals surface area (Å²) >= 11 is 0. The molecule has 5 fully saturated rings. The summed E-state index contributed by atoms with van der Waals surface area (Å²) in [6.45, 7) is 2.57. The van der Waals surface area contributed by atoms with Crippen LogP contribution < -0.4 is 5.32 Å². The number of aryl methyl sites for hydroxylation is 1. The molecule has 1 atom stereocenters. The third-order valence-electron chi connectivity index (χ3n) is 7.96. The first kappa shape index (κ1) is 19.1. The fraction of sp³-hybridized carbons (Fsp3) is 0.773. The van der Waals surface area contributed by atoms with Crippen molar-refractivity contribution in [2.24, 2.45) is 30.2 Å². The van der Waals surface area contributed by atoms with E-state index in [1.165, 1.54) is 19.3 Å². The third-order valence-corrected chi connectivity index (χ3v) is 7.96. The van der Waals surface area contributed by atoms with Crippen LogP contribution in [0.3, 0.4) is 0 Å². The number of rotatable bonds is 4. The second-order valence-corrected chi connectivity index (χ2v) is 9.98. The summed E-state index contributed by atoms with van der Waals surface area (Å²) < 4.78 is 1.72. The van der Waals surface area contributed by atoms with Gasteiger partial charge in [-0.1, -0.05) is 0 Å². The Labute approximate surface area is 172 Å². The van der Waals surface area contributed by atoms with E-state index >= 15 is 0 Å². The highest BCUT2D eigenvalue weighted by molar-refractivity contribution is 5.85. The van der Waals surface area contributed by atoms with Crippen molar-refractivity contribution < 1.29 is 9.59 Å². The highest BCUT2D eigenvalue weighted by atomic mass is 16.2.